The van der Waals surface area contributed by atoms with Crippen molar-refractivity contribution in [3.05, 3.63) is 11.9 Å². The third kappa shape index (κ3) is 3.84. The van der Waals surface area contributed by atoms with Crippen LogP contribution in [0.4, 0.5) is 0 Å². The van der Waals surface area contributed by atoms with Crippen molar-refractivity contribution in [3.63, 3.8) is 0 Å². The second-order valence-corrected chi connectivity index (χ2v) is 11.2. The summed E-state index contributed by atoms with van der Waals surface area (Å²) in [6.07, 6.45) is 8.41. The summed E-state index contributed by atoms with van der Waals surface area (Å²) in [6, 6.07) is 0. The molecular formula is C23H35N3O5. The average Bonchev–Trinajstić information content (AvgIpc) is 3.40. The van der Waals surface area contributed by atoms with E-state index in [0.717, 1.165) is 49.5 Å². The Labute approximate surface area is 182 Å². The van der Waals surface area contributed by atoms with Crippen LogP contribution in [0.2, 0.25) is 0 Å². The van der Waals surface area contributed by atoms with Crippen molar-refractivity contribution in [1.29, 1.82) is 0 Å². The normalized spacial score (nSPS) is 47.5. The molecule has 0 radical (unpaired) electrons. The quantitative estimate of drug-likeness (QED) is 0.413. The van der Waals surface area contributed by atoms with Crippen LogP contribution in [-0.2, 0) is 22.4 Å². The number of aliphatic hydroxyl groups excluding tert-OH is 3. The van der Waals surface area contributed by atoms with Crippen LogP contribution in [0.1, 0.15) is 50.6 Å². The van der Waals surface area contributed by atoms with Crippen LogP contribution in [0.5, 0.6) is 0 Å². The minimum absolute atomic E-state index is 0.223. The molecule has 6 unspecified atom stereocenters. The summed E-state index contributed by atoms with van der Waals surface area (Å²) in [5, 5.41) is 38.6. The maximum Gasteiger partial charge on any atom is 0.113 e. The van der Waals surface area contributed by atoms with Gasteiger partial charge in [0.1, 0.15) is 18.3 Å². The summed E-state index contributed by atoms with van der Waals surface area (Å²) in [6.45, 7) is 2.11. The van der Waals surface area contributed by atoms with Gasteiger partial charge in [-0.2, -0.15) is 0 Å². The summed E-state index contributed by atoms with van der Waals surface area (Å²) in [4.78, 5) is 0. The van der Waals surface area contributed by atoms with Gasteiger partial charge in [-0.1, -0.05) is 5.21 Å². The predicted octanol–water partition coefficient (Wildman–Crippen LogP) is 0.924. The first kappa shape index (κ1) is 20.5. The molecule has 1 aliphatic heterocycles. The first-order chi connectivity index (χ1) is 15.0. The lowest BCUT2D eigenvalue weighted by molar-refractivity contribution is -0.100. The van der Waals surface area contributed by atoms with E-state index < -0.39 is 18.3 Å². The monoisotopic (exact) mass is 433 g/mol. The summed E-state index contributed by atoms with van der Waals surface area (Å²) in [5.74, 6) is 2.61. The molecule has 7 rings (SSSR count). The number of aryl methyl sites for hydroxylation is 1. The van der Waals surface area contributed by atoms with Crippen molar-refractivity contribution in [2.75, 3.05) is 13.2 Å². The Morgan fingerprint density at radius 2 is 1.71 bits per heavy atom. The number of epoxide rings is 1. The van der Waals surface area contributed by atoms with E-state index in [0.29, 0.717) is 12.0 Å². The first-order valence-corrected chi connectivity index (χ1v) is 12.2. The van der Waals surface area contributed by atoms with Gasteiger partial charge in [0.25, 0.3) is 0 Å². The molecule has 1 saturated heterocycles. The molecule has 1 aromatic heterocycles. The van der Waals surface area contributed by atoms with E-state index in [-0.39, 0.29) is 18.1 Å². The fraction of sp³-hybridized carbons (Fsp3) is 0.913. The van der Waals surface area contributed by atoms with Crippen molar-refractivity contribution in [3.8, 4) is 0 Å². The molecular weight excluding hydrogens is 398 g/mol. The number of nitrogens with zero attached hydrogens (tertiary/aromatic N) is 3. The van der Waals surface area contributed by atoms with Crippen LogP contribution in [0, 0.1) is 29.1 Å². The van der Waals surface area contributed by atoms with Crippen LogP contribution in [0.25, 0.3) is 0 Å². The van der Waals surface area contributed by atoms with Gasteiger partial charge in [-0.25, -0.2) is 0 Å². The van der Waals surface area contributed by atoms with Crippen LogP contribution >= 0.6 is 0 Å². The van der Waals surface area contributed by atoms with Crippen molar-refractivity contribution in [1.82, 2.24) is 15.0 Å². The standard InChI is InChI=1S/C23H35N3O5/c27-18-17(21-22(31-21)20(29)19(18)28)11-26-10-16(24-25-26)2-1-3-30-12-23-7-13-4-14(8-23)6-15(5-13)9-23/h10,13-15,17-22,27-29H,1-9,11-12H2. The molecule has 5 aliphatic carbocycles. The third-order valence-electron chi connectivity index (χ3n) is 8.74. The van der Waals surface area contributed by atoms with Gasteiger partial charge in [0.15, 0.2) is 0 Å². The highest BCUT2D eigenvalue weighted by atomic mass is 16.6. The topological polar surface area (TPSA) is 113 Å². The number of hydrogen-bond acceptors (Lipinski definition) is 7. The van der Waals surface area contributed by atoms with Gasteiger partial charge in [0, 0.05) is 18.7 Å². The fourth-order valence-corrected chi connectivity index (χ4v) is 7.68. The molecule has 8 nitrogen and oxygen atoms in total. The molecule has 172 valence electrons. The smallest absolute Gasteiger partial charge is 0.113 e. The fourth-order valence-electron chi connectivity index (χ4n) is 7.68. The number of fused-ring (bicyclic) bond motifs is 1. The third-order valence-corrected chi connectivity index (χ3v) is 8.74. The van der Waals surface area contributed by atoms with Crippen molar-refractivity contribution in [2.45, 2.75) is 88.4 Å². The first-order valence-electron chi connectivity index (χ1n) is 12.2. The maximum absolute atomic E-state index is 10.3. The maximum atomic E-state index is 10.3. The van der Waals surface area contributed by atoms with Gasteiger partial charge in [0.05, 0.1) is 31.1 Å². The van der Waals surface area contributed by atoms with E-state index in [4.69, 9.17) is 9.47 Å². The van der Waals surface area contributed by atoms with Gasteiger partial charge in [-0.05, 0) is 74.5 Å². The lowest BCUT2D eigenvalue weighted by Crippen LogP contribution is -2.52. The Morgan fingerprint density at radius 3 is 2.42 bits per heavy atom. The van der Waals surface area contributed by atoms with E-state index in [9.17, 15) is 15.3 Å². The molecule has 0 aromatic carbocycles. The van der Waals surface area contributed by atoms with E-state index in [1.165, 1.54) is 38.5 Å². The lowest BCUT2D eigenvalue weighted by Gasteiger charge is -2.56. The van der Waals surface area contributed by atoms with Crippen LogP contribution in [-0.4, -0.2) is 74.0 Å². The highest BCUT2D eigenvalue weighted by molar-refractivity contribution is 5.08. The largest absolute Gasteiger partial charge is 0.390 e. The van der Waals surface area contributed by atoms with Crippen molar-refractivity contribution in [2.24, 2.45) is 29.1 Å². The molecule has 8 heteroatoms. The zero-order valence-corrected chi connectivity index (χ0v) is 18.1. The Morgan fingerprint density at radius 1 is 1.00 bits per heavy atom. The molecule has 0 amide bonds. The molecule has 0 spiro atoms. The average molecular weight is 434 g/mol. The molecule has 4 bridgehead atoms. The number of hydrogen-bond donors (Lipinski definition) is 3. The molecule has 5 saturated carbocycles. The molecule has 6 atom stereocenters. The Kier molecular flexibility index (Phi) is 5.14. The number of ether oxygens (including phenoxy) is 2. The Hall–Kier alpha value is -1.06. The zero-order valence-electron chi connectivity index (χ0n) is 18.1. The highest BCUT2D eigenvalue weighted by Gasteiger charge is 2.60. The molecule has 6 aliphatic rings. The second-order valence-electron chi connectivity index (χ2n) is 11.2. The van der Waals surface area contributed by atoms with E-state index in [1.807, 2.05) is 6.20 Å². The summed E-state index contributed by atoms with van der Waals surface area (Å²) in [7, 11) is 0. The van der Waals surface area contributed by atoms with Crippen molar-refractivity contribution < 1.29 is 24.8 Å². The van der Waals surface area contributed by atoms with Gasteiger partial charge in [-0.15, -0.1) is 5.10 Å². The van der Waals surface area contributed by atoms with Crippen molar-refractivity contribution >= 4 is 0 Å². The molecule has 2 heterocycles. The minimum atomic E-state index is -1.18. The number of aliphatic hydroxyl groups is 3. The van der Waals surface area contributed by atoms with E-state index >= 15 is 0 Å². The number of aromatic nitrogens is 3. The SMILES string of the molecule is OC1C(O)C(Cn2cc(CCCOCC34CC5CC(CC(C5)C3)C4)nn2)C2OC2C1O. The zero-order chi connectivity index (χ0) is 21.2. The Bertz CT molecular complexity index is 765. The molecule has 6 fully saturated rings. The van der Waals surface area contributed by atoms with Gasteiger partial charge in [0.2, 0.25) is 0 Å². The highest BCUT2D eigenvalue weighted by Crippen LogP contribution is 2.60. The van der Waals surface area contributed by atoms with Gasteiger partial charge < -0.3 is 24.8 Å². The van der Waals surface area contributed by atoms with E-state index in [1.54, 1.807) is 4.68 Å². The van der Waals surface area contributed by atoms with Crippen LogP contribution in [0.3, 0.4) is 0 Å². The number of rotatable bonds is 8. The summed E-state index contributed by atoms with van der Waals surface area (Å²) < 4.78 is 13.3. The second kappa shape index (κ2) is 7.76. The molecule has 3 N–H and O–H groups in total. The molecule has 1 aromatic rings. The lowest BCUT2D eigenvalue weighted by atomic mass is 9.50. The van der Waals surface area contributed by atoms with Gasteiger partial charge in [-0.3, -0.25) is 4.68 Å². The van der Waals surface area contributed by atoms with Crippen LogP contribution in [0.15, 0.2) is 6.20 Å². The van der Waals surface area contributed by atoms with Gasteiger partial charge >= 0.3 is 0 Å². The predicted molar refractivity (Wildman–Crippen MR) is 110 cm³/mol. The van der Waals surface area contributed by atoms with Crippen LogP contribution < -0.4 is 0 Å². The summed E-state index contributed by atoms with van der Waals surface area (Å²) >= 11 is 0. The van der Waals surface area contributed by atoms with E-state index in [2.05, 4.69) is 10.3 Å². The minimum Gasteiger partial charge on any atom is -0.390 e. The summed E-state index contributed by atoms with van der Waals surface area (Å²) in [5.41, 5.74) is 1.39. The Balaban J connectivity index is 0.950. The molecule has 31 heavy (non-hydrogen) atoms.